The van der Waals surface area contributed by atoms with E-state index in [9.17, 15) is 4.79 Å². The molecule has 3 nitrogen and oxygen atoms in total. The molecule has 2 aromatic rings. The highest BCUT2D eigenvalue weighted by Crippen LogP contribution is 2.29. The van der Waals surface area contributed by atoms with Gasteiger partial charge in [0.2, 0.25) is 5.91 Å². The Morgan fingerprint density at radius 2 is 1.79 bits per heavy atom. The maximum absolute atomic E-state index is 12.0. The van der Waals surface area contributed by atoms with Gasteiger partial charge in [0.1, 0.15) is 0 Å². The number of aryl methyl sites for hydroxylation is 1. The minimum absolute atomic E-state index is 0.0669. The van der Waals surface area contributed by atoms with E-state index in [1.807, 2.05) is 18.2 Å². The molecule has 2 rings (SSSR count). The van der Waals surface area contributed by atoms with Crippen LogP contribution in [0.25, 0.3) is 0 Å². The Hall–Kier alpha value is -2.29. The summed E-state index contributed by atoms with van der Waals surface area (Å²) in [6, 6.07) is 16.5. The predicted molar refractivity (Wildman–Crippen MR) is 101 cm³/mol. The zero-order chi connectivity index (χ0) is 17.6. The molecule has 24 heavy (non-hydrogen) atoms. The zero-order valence-electron chi connectivity index (χ0n) is 15.1. The number of benzene rings is 2. The summed E-state index contributed by atoms with van der Waals surface area (Å²) >= 11 is 0. The molecule has 0 aliphatic carbocycles. The molecule has 0 aliphatic rings. The highest BCUT2D eigenvalue weighted by atomic mass is 16.1. The van der Waals surface area contributed by atoms with Crippen molar-refractivity contribution in [3.8, 4) is 0 Å². The molecule has 0 atom stereocenters. The molecule has 0 heterocycles. The Morgan fingerprint density at radius 3 is 2.50 bits per heavy atom. The average molecular weight is 324 g/mol. The van der Waals surface area contributed by atoms with Crippen LogP contribution in [0, 0.1) is 6.92 Å². The van der Waals surface area contributed by atoms with Gasteiger partial charge < -0.3 is 10.6 Å². The molecule has 0 fully saturated rings. The smallest absolute Gasteiger partial charge is 0.222 e. The van der Waals surface area contributed by atoms with Gasteiger partial charge in [-0.2, -0.15) is 0 Å². The van der Waals surface area contributed by atoms with Crippen molar-refractivity contribution in [2.45, 2.75) is 46.1 Å². The minimum Gasteiger partial charge on any atom is -0.384 e. The molecule has 0 saturated carbocycles. The second-order valence-corrected chi connectivity index (χ2v) is 7.24. The number of hydrogen-bond acceptors (Lipinski definition) is 2. The second-order valence-electron chi connectivity index (χ2n) is 7.24. The van der Waals surface area contributed by atoms with Crippen molar-refractivity contribution >= 4 is 11.6 Å². The predicted octanol–water partition coefficient (Wildman–Crippen LogP) is 4.41. The Morgan fingerprint density at radius 1 is 1.04 bits per heavy atom. The van der Waals surface area contributed by atoms with Crippen LogP contribution in [-0.4, -0.2) is 12.5 Å². The van der Waals surface area contributed by atoms with Crippen LogP contribution in [0.1, 0.15) is 43.9 Å². The number of anilines is 1. The summed E-state index contributed by atoms with van der Waals surface area (Å²) in [5, 5.41) is 6.38. The molecule has 3 heteroatoms. The molecule has 0 spiro atoms. The lowest BCUT2D eigenvalue weighted by molar-refractivity contribution is -0.121. The van der Waals surface area contributed by atoms with Gasteiger partial charge in [0.05, 0.1) is 0 Å². The summed E-state index contributed by atoms with van der Waals surface area (Å²) in [7, 11) is 0. The molecule has 0 unspecified atom stereocenters. The molecule has 1 amide bonds. The number of carbonyl (C=O) groups excluding carboxylic acids is 1. The van der Waals surface area contributed by atoms with Crippen molar-refractivity contribution in [3.63, 3.8) is 0 Å². The molecule has 2 N–H and O–H groups in total. The third-order valence-electron chi connectivity index (χ3n) is 3.97. The van der Waals surface area contributed by atoms with Gasteiger partial charge in [0, 0.05) is 25.2 Å². The average Bonchev–Trinajstić information content (AvgIpc) is 2.52. The zero-order valence-corrected chi connectivity index (χ0v) is 15.1. The van der Waals surface area contributed by atoms with Gasteiger partial charge in [-0.05, 0) is 29.5 Å². The van der Waals surface area contributed by atoms with E-state index >= 15 is 0 Å². The fourth-order valence-electron chi connectivity index (χ4n) is 2.71. The van der Waals surface area contributed by atoms with Crippen molar-refractivity contribution in [2.24, 2.45) is 0 Å². The van der Waals surface area contributed by atoms with E-state index in [-0.39, 0.29) is 11.3 Å². The topological polar surface area (TPSA) is 41.1 Å². The van der Waals surface area contributed by atoms with Crippen molar-refractivity contribution in [1.29, 1.82) is 0 Å². The standard InChI is InChI=1S/C21H28N2O/c1-16-8-7-9-17(14-16)15-23-20(24)12-13-22-19-11-6-5-10-18(19)21(2,3)4/h5-11,14,22H,12-13,15H2,1-4H3,(H,23,24). The largest absolute Gasteiger partial charge is 0.384 e. The maximum atomic E-state index is 12.0. The molecule has 0 radical (unpaired) electrons. The third-order valence-corrected chi connectivity index (χ3v) is 3.97. The first-order valence-corrected chi connectivity index (χ1v) is 8.52. The monoisotopic (exact) mass is 324 g/mol. The number of hydrogen-bond donors (Lipinski definition) is 2. The molecular formula is C21H28N2O. The number of amides is 1. The lowest BCUT2D eigenvalue weighted by atomic mass is 9.86. The van der Waals surface area contributed by atoms with E-state index < -0.39 is 0 Å². The first-order valence-electron chi connectivity index (χ1n) is 8.52. The lowest BCUT2D eigenvalue weighted by Crippen LogP contribution is -2.25. The van der Waals surface area contributed by atoms with E-state index in [0.717, 1.165) is 11.3 Å². The minimum atomic E-state index is 0.0669. The van der Waals surface area contributed by atoms with Crippen LogP contribution in [0.2, 0.25) is 0 Å². The highest BCUT2D eigenvalue weighted by Gasteiger charge is 2.17. The summed E-state index contributed by atoms with van der Waals surface area (Å²) in [4.78, 5) is 12.0. The Kier molecular flexibility index (Phi) is 6.02. The summed E-state index contributed by atoms with van der Waals surface area (Å²) in [5.74, 6) is 0.0669. The van der Waals surface area contributed by atoms with E-state index in [1.54, 1.807) is 0 Å². The van der Waals surface area contributed by atoms with E-state index in [1.165, 1.54) is 11.1 Å². The first-order chi connectivity index (χ1) is 11.4. The summed E-state index contributed by atoms with van der Waals surface area (Å²) in [6.45, 7) is 9.86. The van der Waals surface area contributed by atoms with Crippen molar-refractivity contribution in [2.75, 3.05) is 11.9 Å². The summed E-state index contributed by atoms with van der Waals surface area (Å²) in [6.07, 6.45) is 0.463. The normalized spacial score (nSPS) is 11.2. The van der Waals surface area contributed by atoms with Crippen molar-refractivity contribution < 1.29 is 4.79 Å². The number of para-hydroxylation sites is 1. The van der Waals surface area contributed by atoms with Crippen molar-refractivity contribution in [1.82, 2.24) is 5.32 Å². The number of carbonyl (C=O) groups is 1. The fourth-order valence-corrected chi connectivity index (χ4v) is 2.71. The van der Waals surface area contributed by atoms with Crippen LogP contribution in [0.3, 0.4) is 0 Å². The van der Waals surface area contributed by atoms with Gasteiger partial charge in [0.15, 0.2) is 0 Å². The van der Waals surface area contributed by atoms with Gasteiger partial charge in [-0.15, -0.1) is 0 Å². The molecule has 128 valence electrons. The molecule has 2 aromatic carbocycles. The van der Waals surface area contributed by atoms with E-state index in [4.69, 9.17) is 0 Å². The Balaban J connectivity index is 1.81. The lowest BCUT2D eigenvalue weighted by Gasteiger charge is -2.23. The van der Waals surface area contributed by atoms with Gasteiger partial charge in [-0.1, -0.05) is 68.8 Å². The van der Waals surface area contributed by atoms with Crippen LogP contribution in [0.15, 0.2) is 48.5 Å². The first kappa shape index (κ1) is 18.1. The number of nitrogens with one attached hydrogen (secondary N) is 2. The van der Waals surface area contributed by atoms with Crippen LogP contribution in [-0.2, 0) is 16.8 Å². The second kappa shape index (κ2) is 8.00. The van der Waals surface area contributed by atoms with Gasteiger partial charge in [-0.3, -0.25) is 4.79 Å². The van der Waals surface area contributed by atoms with Crippen LogP contribution >= 0.6 is 0 Å². The van der Waals surface area contributed by atoms with E-state index in [2.05, 4.69) is 68.7 Å². The van der Waals surface area contributed by atoms with Gasteiger partial charge in [-0.25, -0.2) is 0 Å². The Bertz CT molecular complexity index is 686. The van der Waals surface area contributed by atoms with Crippen LogP contribution in [0.4, 0.5) is 5.69 Å². The fraction of sp³-hybridized carbons (Fsp3) is 0.381. The molecular weight excluding hydrogens is 296 g/mol. The van der Waals surface area contributed by atoms with Crippen molar-refractivity contribution in [3.05, 3.63) is 65.2 Å². The number of rotatable bonds is 6. The Labute approximate surface area is 145 Å². The summed E-state index contributed by atoms with van der Waals surface area (Å²) < 4.78 is 0. The van der Waals surface area contributed by atoms with Crippen LogP contribution < -0.4 is 10.6 Å². The molecule has 0 aliphatic heterocycles. The van der Waals surface area contributed by atoms with E-state index in [0.29, 0.717) is 19.5 Å². The van der Waals surface area contributed by atoms with Crippen LogP contribution in [0.5, 0.6) is 0 Å². The quantitative estimate of drug-likeness (QED) is 0.826. The highest BCUT2D eigenvalue weighted by molar-refractivity contribution is 5.76. The maximum Gasteiger partial charge on any atom is 0.222 e. The molecule has 0 saturated heterocycles. The van der Waals surface area contributed by atoms with Gasteiger partial charge in [0.25, 0.3) is 0 Å². The molecule has 0 bridgehead atoms. The van der Waals surface area contributed by atoms with Gasteiger partial charge >= 0.3 is 0 Å². The molecule has 0 aromatic heterocycles. The SMILES string of the molecule is Cc1cccc(CNC(=O)CCNc2ccccc2C(C)(C)C)c1. The summed E-state index contributed by atoms with van der Waals surface area (Å²) in [5.41, 5.74) is 4.80. The third kappa shape index (κ3) is 5.41.